The van der Waals surface area contributed by atoms with Gasteiger partial charge in [0.25, 0.3) is 0 Å². The Bertz CT molecular complexity index is 3480. The van der Waals surface area contributed by atoms with Gasteiger partial charge in [-0.15, -0.1) is 11.3 Å². The zero-order chi connectivity index (χ0) is 37.5. The van der Waals surface area contributed by atoms with Crippen LogP contribution in [0.3, 0.4) is 0 Å². The van der Waals surface area contributed by atoms with Crippen molar-refractivity contribution in [3.63, 3.8) is 0 Å². The summed E-state index contributed by atoms with van der Waals surface area (Å²) in [7, 11) is 0. The summed E-state index contributed by atoms with van der Waals surface area (Å²) in [4.78, 5) is 10.6. The second-order valence-corrected chi connectivity index (χ2v) is 15.7. The quantitative estimate of drug-likeness (QED) is 0.176. The minimum Gasteiger partial charge on any atom is -0.456 e. The van der Waals surface area contributed by atoms with Gasteiger partial charge >= 0.3 is 0 Å². The van der Waals surface area contributed by atoms with Crippen LogP contribution in [-0.4, -0.2) is 14.5 Å². The second kappa shape index (κ2) is 12.6. The predicted octanol–water partition coefficient (Wildman–Crippen LogP) is 14.5. The SMILES string of the molecule is c1ccc(-c2nc(-c3cc(-c4ccc5oc6ccccc6c5c4)cc(-n4c5ccccc5c5ccccc54)c3)cc(-c3ccc4sc5ccccc5c4c3)n2)cc1. The first-order valence-electron chi connectivity index (χ1n) is 19.1. The average molecular weight is 746 g/mol. The molecule has 0 aliphatic heterocycles. The molecule has 0 atom stereocenters. The van der Waals surface area contributed by atoms with Crippen LogP contribution in [0, 0.1) is 0 Å². The third-order valence-corrected chi connectivity index (χ3v) is 12.3. The topological polar surface area (TPSA) is 43.9 Å². The van der Waals surface area contributed by atoms with Gasteiger partial charge < -0.3 is 8.98 Å². The lowest BCUT2D eigenvalue weighted by atomic mass is 9.97. The summed E-state index contributed by atoms with van der Waals surface area (Å²) in [6, 6.07) is 66.8. The number of fused-ring (bicyclic) bond motifs is 9. The average Bonchev–Trinajstić information content (AvgIpc) is 3.95. The standard InChI is InChI=1S/C52H31N3OS/c1-2-12-32(13-3-1)52-53-44(34-23-25-51-43(30-34)41-17-7-11-21-50(41)57-51)31-45(54-52)36-26-35(33-22-24-49-42(29-33)40-16-6-10-20-48(40)56-49)27-37(28-36)55-46-18-8-4-14-38(46)39-15-5-9-19-47(39)55/h1-31H. The fourth-order valence-corrected chi connectivity index (χ4v) is 9.59. The number of hydrogen-bond donors (Lipinski definition) is 0. The molecule has 0 aliphatic rings. The Labute approximate surface area is 331 Å². The molecule has 0 saturated carbocycles. The second-order valence-electron chi connectivity index (χ2n) is 14.6. The molecule has 0 spiro atoms. The van der Waals surface area contributed by atoms with Gasteiger partial charge in [-0.05, 0) is 83.9 Å². The number of aromatic nitrogens is 3. The summed E-state index contributed by atoms with van der Waals surface area (Å²) in [6.45, 7) is 0. The van der Waals surface area contributed by atoms with E-state index in [0.717, 1.165) is 77.9 Å². The van der Waals surface area contributed by atoms with Gasteiger partial charge in [0, 0.05) is 64.1 Å². The third kappa shape index (κ3) is 5.21. The van der Waals surface area contributed by atoms with Crippen molar-refractivity contribution in [2.45, 2.75) is 0 Å². The van der Waals surface area contributed by atoms with E-state index in [4.69, 9.17) is 14.4 Å². The highest BCUT2D eigenvalue weighted by molar-refractivity contribution is 7.25. The van der Waals surface area contributed by atoms with Crippen LogP contribution in [0.4, 0.5) is 0 Å². The van der Waals surface area contributed by atoms with Crippen LogP contribution in [0.1, 0.15) is 0 Å². The summed E-state index contributed by atoms with van der Waals surface area (Å²) in [6.07, 6.45) is 0. The van der Waals surface area contributed by atoms with Crippen molar-refractivity contribution >= 4 is 75.3 Å². The van der Waals surface area contributed by atoms with E-state index >= 15 is 0 Å². The first kappa shape index (κ1) is 32.0. The molecule has 12 aromatic rings. The Kier molecular flexibility index (Phi) is 7.06. The van der Waals surface area contributed by atoms with Crippen molar-refractivity contribution in [1.29, 1.82) is 0 Å². The Morgan fingerprint density at radius 2 is 0.965 bits per heavy atom. The molecule has 0 aliphatic carbocycles. The number of hydrogen-bond acceptors (Lipinski definition) is 4. The fraction of sp³-hybridized carbons (Fsp3) is 0. The van der Waals surface area contributed by atoms with Gasteiger partial charge in [0.1, 0.15) is 11.2 Å². The van der Waals surface area contributed by atoms with Crippen molar-refractivity contribution in [3.05, 3.63) is 188 Å². The van der Waals surface area contributed by atoms with E-state index in [9.17, 15) is 0 Å². The van der Waals surface area contributed by atoms with Gasteiger partial charge in [0.05, 0.1) is 22.4 Å². The summed E-state index contributed by atoms with van der Waals surface area (Å²) in [5.74, 6) is 0.688. The lowest BCUT2D eigenvalue weighted by Crippen LogP contribution is -1.99. The van der Waals surface area contributed by atoms with Crippen LogP contribution in [0.15, 0.2) is 192 Å². The molecule has 5 heteroatoms. The number of para-hydroxylation sites is 3. The molecule has 266 valence electrons. The van der Waals surface area contributed by atoms with Crippen molar-refractivity contribution < 1.29 is 4.42 Å². The van der Waals surface area contributed by atoms with Crippen molar-refractivity contribution in [3.8, 4) is 50.7 Å². The van der Waals surface area contributed by atoms with Crippen molar-refractivity contribution in [2.24, 2.45) is 0 Å². The molecule has 0 bridgehead atoms. The van der Waals surface area contributed by atoms with Gasteiger partial charge in [-0.3, -0.25) is 0 Å². The Morgan fingerprint density at radius 1 is 0.368 bits per heavy atom. The molecule has 0 N–H and O–H groups in total. The highest BCUT2D eigenvalue weighted by Gasteiger charge is 2.18. The lowest BCUT2D eigenvalue weighted by Gasteiger charge is -2.15. The van der Waals surface area contributed by atoms with Gasteiger partial charge in [-0.25, -0.2) is 9.97 Å². The molecule has 12 rings (SSSR count). The summed E-state index contributed by atoms with van der Waals surface area (Å²) < 4.78 is 11.2. The smallest absolute Gasteiger partial charge is 0.160 e. The highest BCUT2D eigenvalue weighted by atomic mass is 32.1. The Balaban J connectivity index is 1.13. The van der Waals surface area contributed by atoms with Crippen LogP contribution in [0.5, 0.6) is 0 Å². The molecule has 0 unspecified atom stereocenters. The molecule has 0 fully saturated rings. The largest absolute Gasteiger partial charge is 0.456 e. The molecule has 0 radical (unpaired) electrons. The van der Waals surface area contributed by atoms with E-state index in [0.29, 0.717) is 5.82 Å². The maximum Gasteiger partial charge on any atom is 0.160 e. The molecular formula is C52H31N3OS. The van der Waals surface area contributed by atoms with E-state index < -0.39 is 0 Å². The molecular weight excluding hydrogens is 715 g/mol. The molecule has 0 amide bonds. The first-order valence-corrected chi connectivity index (χ1v) is 20.0. The molecule has 4 heterocycles. The third-order valence-electron chi connectivity index (χ3n) is 11.2. The van der Waals surface area contributed by atoms with E-state index in [-0.39, 0.29) is 0 Å². The Morgan fingerprint density at radius 3 is 1.77 bits per heavy atom. The summed E-state index contributed by atoms with van der Waals surface area (Å²) >= 11 is 1.83. The van der Waals surface area contributed by atoms with E-state index in [1.807, 2.05) is 41.7 Å². The first-order chi connectivity index (χ1) is 28.2. The lowest BCUT2D eigenvalue weighted by molar-refractivity contribution is 0.669. The number of nitrogens with zero attached hydrogens (tertiary/aromatic N) is 3. The number of thiophene rings is 1. The van der Waals surface area contributed by atoms with Crippen LogP contribution in [0.25, 0.3) is 115 Å². The zero-order valence-corrected chi connectivity index (χ0v) is 31.4. The monoisotopic (exact) mass is 745 g/mol. The predicted molar refractivity (Wildman–Crippen MR) is 238 cm³/mol. The molecule has 4 nitrogen and oxygen atoms in total. The zero-order valence-electron chi connectivity index (χ0n) is 30.6. The van der Waals surface area contributed by atoms with E-state index in [1.54, 1.807) is 0 Å². The molecule has 0 saturated heterocycles. The minimum atomic E-state index is 0.688. The maximum atomic E-state index is 6.25. The van der Waals surface area contributed by atoms with Gasteiger partial charge in [0.2, 0.25) is 0 Å². The number of rotatable bonds is 5. The van der Waals surface area contributed by atoms with Crippen LogP contribution in [-0.2, 0) is 0 Å². The summed E-state index contributed by atoms with van der Waals surface area (Å²) in [5.41, 5.74) is 12.1. The van der Waals surface area contributed by atoms with Crippen molar-refractivity contribution in [1.82, 2.24) is 14.5 Å². The maximum absolute atomic E-state index is 6.25. The molecule has 4 aromatic heterocycles. The fourth-order valence-electron chi connectivity index (χ4n) is 8.51. The van der Waals surface area contributed by atoms with Gasteiger partial charge in [-0.1, -0.05) is 115 Å². The number of furan rings is 1. The molecule has 57 heavy (non-hydrogen) atoms. The van der Waals surface area contributed by atoms with Crippen LogP contribution < -0.4 is 0 Å². The van der Waals surface area contributed by atoms with E-state index in [2.05, 4.69) is 162 Å². The van der Waals surface area contributed by atoms with Gasteiger partial charge in [0.15, 0.2) is 5.82 Å². The van der Waals surface area contributed by atoms with Crippen molar-refractivity contribution in [2.75, 3.05) is 0 Å². The summed E-state index contributed by atoms with van der Waals surface area (Å²) in [5, 5.41) is 7.15. The highest BCUT2D eigenvalue weighted by Crippen LogP contribution is 2.40. The van der Waals surface area contributed by atoms with Crippen LogP contribution >= 0.6 is 11.3 Å². The van der Waals surface area contributed by atoms with E-state index in [1.165, 1.54) is 30.9 Å². The Hall–Kier alpha value is -7.34. The normalized spacial score (nSPS) is 11.9. The van der Waals surface area contributed by atoms with Crippen LogP contribution in [0.2, 0.25) is 0 Å². The molecule has 8 aromatic carbocycles. The minimum absolute atomic E-state index is 0.688. The number of benzene rings is 8. The van der Waals surface area contributed by atoms with Gasteiger partial charge in [-0.2, -0.15) is 0 Å².